The Kier molecular flexibility index (Phi) is 4.75. The minimum absolute atomic E-state index is 0.113. The van der Waals surface area contributed by atoms with Crippen molar-refractivity contribution in [3.05, 3.63) is 98.6 Å². The largest absolute Gasteiger partial charge is 0.337 e. The molecule has 0 saturated carbocycles. The van der Waals surface area contributed by atoms with Crippen LogP contribution >= 0.6 is 0 Å². The van der Waals surface area contributed by atoms with Crippen LogP contribution in [0.3, 0.4) is 0 Å². The van der Waals surface area contributed by atoms with E-state index in [4.69, 9.17) is 0 Å². The Labute approximate surface area is 170 Å². The van der Waals surface area contributed by atoms with Crippen LogP contribution in [0.4, 0.5) is 10.1 Å². The molecule has 0 radical (unpaired) electrons. The first-order valence-electron chi connectivity index (χ1n) is 9.11. The van der Waals surface area contributed by atoms with Crippen molar-refractivity contribution >= 4 is 22.6 Å². The molecule has 8 heteroatoms. The smallest absolute Gasteiger partial charge is 0.322 e. The molecular weight excluding hydrogens is 387 g/mol. The van der Waals surface area contributed by atoms with Crippen molar-refractivity contribution in [2.75, 3.05) is 5.32 Å². The molecule has 150 valence electrons. The van der Waals surface area contributed by atoms with Gasteiger partial charge in [-0.25, -0.2) is 18.7 Å². The van der Waals surface area contributed by atoms with Crippen LogP contribution in [0.25, 0.3) is 16.7 Å². The maximum absolute atomic E-state index is 13.5. The minimum Gasteiger partial charge on any atom is -0.322 e. The third-order valence-corrected chi connectivity index (χ3v) is 4.82. The molecule has 0 aliphatic heterocycles. The number of hydrogen-bond acceptors (Lipinski definition) is 4. The van der Waals surface area contributed by atoms with Crippen LogP contribution in [0.1, 0.15) is 15.9 Å². The van der Waals surface area contributed by atoms with Crippen LogP contribution in [-0.2, 0) is 7.05 Å². The number of aromatic nitrogens is 3. The number of nitrogens with zero attached hydrogens (tertiary/aromatic N) is 3. The fourth-order valence-corrected chi connectivity index (χ4v) is 3.16. The molecule has 7 nitrogen and oxygen atoms in total. The molecule has 2 heterocycles. The van der Waals surface area contributed by atoms with Crippen LogP contribution in [0.5, 0.6) is 0 Å². The second kappa shape index (κ2) is 7.40. The van der Waals surface area contributed by atoms with E-state index in [0.717, 1.165) is 4.57 Å². The Balaban J connectivity index is 1.85. The van der Waals surface area contributed by atoms with Gasteiger partial charge in [0, 0.05) is 18.9 Å². The van der Waals surface area contributed by atoms with Crippen LogP contribution in [0, 0.1) is 12.7 Å². The maximum Gasteiger partial charge on any atom is 0.337 e. The second-order valence-electron chi connectivity index (χ2n) is 6.83. The molecule has 2 aromatic carbocycles. The van der Waals surface area contributed by atoms with Gasteiger partial charge in [0.15, 0.2) is 5.65 Å². The van der Waals surface area contributed by atoms with Crippen molar-refractivity contribution in [2.45, 2.75) is 6.92 Å². The summed E-state index contributed by atoms with van der Waals surface area (Å²) in [5.74, 6) is -1.02. The van der Waals surface area contributed by atoms with E-state index in [9.17, 15) is 18.8 Å². The normalized spacial score (nSPS) is 10.9. The number of fused-ring (bicyclic) bond motifs is 1. The van der Waals surface area contributed by atoms with Gasteiger partial charge in [-0.3, -0.25) is 14.2 Å². The molecule has 0 aliphatic rings. The quantitative estimate of drug-likeness (QED) is 0.569. The summed E-state index contributed by atoms with van der Waals surface area (Å²) in [5.41, 5.74) is 0.706. The van der Waals surface area contributed by atoms with Gasteiger partial charge in [-0.2, -0.15) is 0 Å². The number of carbonyl (C=O) groups is 1. The lowest BCUT2D eigenvalue weighted by Crippen LogP contribution is -2.38. The molecule has 30 heavy (non-hydrogen) atoms. The van der Waals surface area contributed by atoms with Crippen molar-refractivity contribution in [3.63, 3.8) is 0 Å². The van der Waals surface area contributed by atoms with Crippen molar-refractivity contribution < 1.29 is 9.18 Å². The van der Waals surface area contributed by atoms with Crippen LogP contribution in [-0.4, -0.2) is 20.0 Å². The molecule has 1 amide bonds. The number of pyridine rings is 1. The van der Waals surface area contributed by atoms with Gasteiger partial charge in [-0.1, -0.05) is 24.3 Å². The number of halogens is 1. The third-order valence-electron chi connectivity index (χ3n) is 4.82. The van der Waals surface area contributed by atoms with Crippen LogP contribution < -0.4 is 16.6 Å². The van der Waals surface area contributed by atoms with Crippen molar-refractivity contribution in [1.29, 1.82) is 0 Å². The molecule has 0 bridgehead atoms. The highest BCUT2D eigenvalue weighted by Gasteiger charge is 2.17. The number of rotatable bonds is 3. The molecule has 4 rings (SSSR count). The van der Waals surface area contributed by atoms with Crippen molar-refractivity contribution in [1.82, 2.24) is 14.1 Å². The summed E-state index contributed by atoms with van der Waals surface area (Å²) in [5, 5.41) is 2.74. The Hall–Kier alpha value is -4.07. The molecule has 0 spiro atoms. The van der Waals surface area contributed by atoms with E-state index in [0.29, 0.717) is 16.9 Å². The number of aryl methyl sites for hydroxylation is 1. The number of benzene rings is 2. The maximum atomic E-state index is 13.5. The molecule has 4 aromatic rings. The molecule has 0 saturated heterocycles. The highest BCUT2D eigenvalue weighted by atomic mass is 19.1. The Bertz CT molecular complexity index is 1410. The highest BCUT2D eigenvalue weighted by molar-refractivity contribution is 6.05. The van der Waals surface area contributed by atoms with Crippen molar-refractivity contribution in [3.8, 4) is 5.69 Å². The van der Waals surface area contributed by atoms with Gasteiger partial charge in [0.25, 0.3) is 11.5 Å². The van der Waals surface area contributed by atoms with E-state index in [1.165, 1.54) is 36.0 Å². The Morgan fingerprint density at radius 1 is 1.07 bits per heavy atom. The van der Waals surface area contributed by atoms with E-state index >= 15 is 0 Å². The summed E-state index contributed by atoms with van der Waals surface area (Å²) in [6, 6.07) is 14.2. The molecule has 0 aliphatic carbocycles. The van der Waals surface area contributed by atoms with Gasteiger partial charge in [0.2, 0.25) is 0 Å². The number of amides is 1. The predicted molar refractivity (Wildman–Crippen MR) is 112 cm³/mol. The number of nitrogens with one attached hydrogen (secondary N) is 1. The minimum atomic E-state index is -0.564. The average molecular weight is 404 g/mol. The summed E-state index contributed by atoms with van der Waals surface area (Å²) >= 11 is 0. The summed E-state index contributed by atoms with van der Waals surface area (Å²) in [6.07, 6.45) is 1.28. The van der Waals surface area contributed by atoms with Crippen LogP contribution in [0.2, 0.25) is 0 Å². The van der Waals surface area contributed by atoms with E-state index < -0.39 is 23.0 Å². The van der Waals surface area contributed by atoms with Crippen LogP contribution in [0.15, 0.2) is 70.4 Å². The SMILES string of the molecule is Cc1ccc(F)cc1NC(=O)c1cnc2c(c1)c(=O)n(C)c(=O)n2-c1ccccc1. The number of carbonyl (C=O) groups excluding carboxylic acids is 1. The molecule has 0 unspecified atom stereocenters. The zero-order valence-electron chi connectivity index (χ0n) is 16.2. The summed E-state index contributed by atoms with van der Waals surface area (Å²) in [4.78, 5) is 42.3. The fourth-order valence-electron chi connectivity index (χ4n) is 3.16. The van der Waals surface area contributed by atoms with E-state index in [1.54, 1.807) is 37.3 Å². The molecular formula is C22H17FN4O3. The van der Waals surface area contributed by atoms with Gasteiger partial charge in [0.1, 0.15) is 5.82 Å². The molecule has 2 aromatic heterocycles. The summed E-state index contributed by atoms with van der Waals surface area (Å²) in [7, 11) is 1.37. The standard InChI is InChI=1S/C22H17FN4O3/c1-13-8-9-15(23)11-18(13)25-20(28)14-10-17-19(24-12-14)27(16-6-4-3-5-7-16)22(30)26(2)21(17)29/h3-12H,1-2H3,(H,25,28). The number of hydrogen-bond donors (Lipinski definition) is 1. The van der Waals surface area contributed by atoms with Gasteiger partial charge in [0.05, 0.1) is 16.6 Å². The van der Waals surface area contributed by atoms with Gasteiger partial charge in [-0.05, 0) is 42.8 Å². The van der Waals surface area contributed by atoms with Gasteiger partial charge >= 0.3 is 5.69 Å². The lowest BCUT2D eigenvalue weighted by atomic mass is 10.1. The first-order valence-corrected chi connectivity index (χ1v) is 9.11. The third kappa shape index (κ3) is 3.28. The first kappa shape index (κ1) is 19.3. The van der Waals surface area contributed by atoms with E-state index in [-0.39, 0.29) is 16.6 Å². The zero-order chi connectivity index (χ0) is 21.4. The average Bonchev–Trinajstić information content (AvgIpc) is 2.75. The summed E-state index contributed by atoms with van der Waals surface area (Å²) < 4.78 is 15.8. The first-order chi connectivity index (χ1) is 14.4. The Morgan fingerprint density at radius 2 is 1.80 bits per heavy atom. The lowest BCUT2D eigenvalue weighted by Gasteiger charge is -2.12. The molecule has 1 N–H and O–H groups in total. The van der Waals surface area contributed by atoms with E-state index in [2.05, 4.69) is 10.3 Å². The predicted octanol–water partition coefficient (Wildman–Crippen LogP) is 2.78. The zero-order valence-corrected chi connectivity index (χ0v) is 16.2. The van der Waals surface area contributed by atoms with E-state index in [1.807, 2.05) is 6.07 Å². The Morgan fingerprint density at radius 3 is 2.53 bits per heavy atom. The second-order valence-corrected chi connectivity index (χ2v) is 6.83. The molecule has 0 atom stereocenters. The lowest BCUT2D eigenvalue weighted by molar-refractivity contribution is 0.102. The van der Waals surface area contributed by atoms with Gasteiger partial charge in [-0.15, -0.1) is 0 Å². The number of anilines is 1. The van der Waals surface area contributed by atoms with Crippen molar-refractivity contribution in [2.24, 2.45) is 7.05 Å². The van der Waals surface area contributed by atoms with Gasteiger partial charge < -0.3 is 5.32 Å². The topological polar surface area (TPSA) is 86.0 Å². The summed E-state index contributed by atoms with van der Waals surface area (Å²) in [6.45, 7) is 1.74. The fraction of sp³-hybridized carbons (Fsp3) is 0.0909. The number of para-hydroxylation sites is 1. The monoisotopic (exact) mass is 404 g/mol. The highest BCUT2D eigenvalue weighted by Crippen LogP contribution is 2.18. The molecule has 0 fully saturated rings.